The van der Waals surface area contributed by atoms with E-state index in [9.17, 15) is 21.6 Å². The molecule has 0 heterocycles. The zero-order valence-corrected chi connectivity index (χ0v) is 10.7. The van der Waals surface area contributed by atoms with Crippen LogP contribution >= 0.6 is 0 Å². The predicted octanol–water partition coefficient (Wildman–Crippen LogP) is -1.90. The summed E-state index contributed by atoms with van der Waals surface area (Å²) < 4.78 is 47.4. The second-order valence-corrected chi connectivity index (χ2v) is 6.64. The summed E-state index contributed by atoms with van der Waals surface area (Å²) in [6.45, 7) is -0.581. The lowest BCUT2D eigenvalue weighted by molar-refractivity contribution is -0.116. The van der Waals surface area contributed by atoms with Crippen molar-refractivity contribution in [1.82, 2.24) is 4.72 Å². The zero-order valence-electron chi connectivity index (χ0n) is 9.03. The first-order valence-electron chi connectivity index (χ1n) is 4.54. The van der Waals surface area contributed by atoms with E-state index >= 15 is 0 Å². The van der Waals surface area contributed by atoms with Crippen molar-refractivity contribution in [3.8, 4) is 0 Å². The second-order valence-electron chi connectivity index (χ2n) is 3.31. The molecule has 0 aliphatic rings. The molecule has 18 heavy (non-hydrogen) atoms. The highest BCUT2D eigenvalue weighted by Gasteiger charge is 2.17. The summed E-state index contributed by atoms with van der Waals surface area (Å²) in [6.07, 6.45) is 0. The quantitative estimate of drug-likeness (QED) is 0.579. The van der Waals surface area contributed by atoms with Crippen molar-refractivity contribution in [1.29, 1.82) is 0 Å². The fourth-order valence-electron chi connectivity index (χ4n) is 1.07. The van der Waals surface area contributed by atoms with E-state index in [1.165, 1.54) is 6.07 Å². The molecule has 0 bridgehead atoms. The molecule has 0 aliphatic carbocycles. The van der Waals surface area contributed by atoms with Crippen molar-refractivity contribution in [3.63, 3.8) is 0 Å². The molecule has 8 nitrogen and oxygen atoms in total. The van der Waals surface area contributed by atoms with Crippen LogP contribution in [-0.4, -0.2) is 29.3 Å². The summed E-state index contributed by atoms with van der Waals surface area (Å²) >= 11 is 0. The Balaban J connectivity index is 3.15. The van der Waals surface area contributed by atoms with Crippen molar-refractivity contribution in [2.75, 3.05) is 6.54 Å². The van der Waals surface area contributed by atoms with Crippen LogP contribution in [0.2, 0.25) is 0 Å². The molecular formula is C8H11N3O5S2. The van der Waals surface area contributed by atoms with Gasteiger partial charge in [-0.15, -0.1) is 0 Å². The van der Waals surface area contributed by atoms with E-state index in [4.69, 9.17) is 10.9 Å². The number of carbonyl (C=O) groups is 1. The van der Waals surface area contributed by atoms with Crippen molar-refractivity contribution in [2.45, 2.75) is 9.79 Å². The summed E-state index contributed by atoms with van der Waals surface area (Å²) in [7, 11) is -8.01. The van der Waals surface area contributed by atoms with Gasteiger partial charge in [0.05, 0.1) is 16.3 Å². The first kappa shape index (κ1) is 14.6. The highest BCUT2D eigenvalue weighted by molar-refractivity contribution is 7.90. The molecule has 0 aromatic heterocycles. The summed E-state index contributed by atoms with van der Waals surface area (Å²) in [4.78, 5) is 9.82. The maximum absolute atomic E-state index is 11.7. The third-order valence-corrected chi connectivity index (χ3v) is 4.19. The number of amides is 1. The number of rotatable bonds is 5. The third kappa shape index (κ3) is 3.77. The molecule has 0 spiro atoms. The first-order valence-corrected chi connectivity index (χ1v) is 7.57. The lowest BCUT2D eigenvalue weighted by Gasteiger charge is -2.06. The molecule has 1 aromatic rings. The fraction of sp³-hybridized carbons (Fsp3) is 0.125. The van der Waals surface area contributed by atoms with E-state index in [0.717, 1.165) is 18.2 Å². The van der Waals surface area contributed by atoms with Gasteiger partial charge < -0.3 is 5.73 Å². The molecule has 1 aromatic carbocycles. The van der Waals surface area contributed by atoms with E-state index in [1.807, 2.05) is 4.72 Å². The van der Waals surface area contributed by atoms with Crippen molar-refractivity contribution < 1.29 is 21.6 Å². The second kappa shape index (κ2) is 5.02. The minimum atomic E-state index is -4.01. The van der Waals surface area contributed by atoms with Crippen molar-refractivity contribution in [3.05, 3.63) is 24.3 Å². The van der Waals surface area contributed by atoms with E-state index in [-0.39, 0.29) is 9.79 Å². The van der Waals surface area contributed by atoms with Gasteiger partial charge in [0.15, 0.2) is 0 Å². The van der Waals surface area contributed by atoms with Crippen LogP contribution in [0.25, 0.3) is 0 Å². The van der Waals surface area contributed by atoms with Gasteiger partial charge in [0, 0.05) is 0 Å². The number of primary sulfonamides is 1. The van der Waals surface area contributed by atoms with E-state index in [0.29, 0.717) is 0 Å². The number of primary amides is 1. The van der Waals surface area contributed by atoms with E-state index in [2.05, 4.69) is 0 Å². The predicted molar refractivity (Wildman–Crippen MR) is 62.2 cm³/mol. The molecule has 10 heteroatoms. The number of nitrogens with one attached hydrogen (secondary N) is 1. The Kier molecular flexibility index (Phi) is 4.06. The van der Waals surface area contributed by atoms with Gasteiger partial charge in [-0.1, -0.05) is 6.07 Å². The average molecular weight is 293 g/mol. The molecule has 0 aliphatic heterocycles. The van der Waals surface area contributed by atoms with Gasteiger partial charge in [0.2, 0.25) is 26.0 Å². The molecule has 0 unspecified atom stereocenters. The van der Waals surface area contributed by atoms with Crippen LogP contribution in [0.15, 0.2) is 34.1 Å². The molecule has 0 fully saturated rings. The third-order valence-electron chi connectivity index (χ3n) is 1.88. The Bertz CT molecular complexity index is 666. The lowest BCUT2D eigenvalue weighted by atomic mass is 10.4. The van der Waals surface area contributed by atoms with Gasteiger partial charge in [-0.2, -0.15) is 0 Å². The smallest absolute Gasteiger partial charge is 0.241 e. The van der Waals surface area contributed by atoms with E-state index < -0.39 is 32.5 Å². The Hall–Kier alpha value is -1.49. The van der Waals surface area contributed by atoms with Crippen LogP contribution in [0.5, 0.6) is 0 Å². The largest absolute Gasteiger partial charge is 0.369 e. The topological polar surface area (TPSA) is 149 Å². The molecular weight excluding hydrogens is 282 g/mol. The molecule has 1 amide bonds. The number of hydrogen-bond acceptors (Lipinski definition) is 5. The van der Waals surface area contributed by atoms with Gasteiger partial charge in [-0.3, -0.25) is 4.79 Å². The van der Waals surface area contributed by atoms with Gasteiger partial charge >= 0.3 is 0 Å². The van der Waals surface area contributed by atoms with Crippen LogP contribution in [0.1, 0.15) is 0 Å². The standard InChI is InChI=1S/C8H11N3O5S2/c9-8(12)5-11-18(15,16)7-3-1-2-6(4-7)17(10,13)14/h1-4,11H,5H2,(H2,9,12)(H2,10,13,14). The SMILES string of the molecule is NC(=O)CNS(=O)(=O)c1cccc(S(N)(=O)=O)c1. The Morgan fingerprint density at radius 1 is 1.17 bits per heavy atom. The zero-order chi connectivity index (χ0) is 14.0. The van der Waals surface area contributed by atoms with E-state index in [1.54, 1.807) is 0 Å². The van der Waals surface area contributed by atoms with Crippen LogP contribution in [-0.2, 0) is 24.8 Å². The first-order chi connectivity index (χ1) is 8.13. The Morgan fingerprint density at radius 2 is 1.72 bits per heavy atom. The molecule has 5 N–H and O–H groups in total. The van der Waals surface area contributed by atoms with Crippen molar-refractivity contribution in [2.24, 2.45) is 10.9 Å². The van der Waals surface area contributed by atoms with Gasteiger partial charge in [0.25, 0.3) is 0 Å². The summed E-state index contributed by atoms with van der Waals surface area (Å²) in [5, 5.41) is 4.87. The number of carbonyl (C=O) groups excluding carboxylic acids is 1. The average Bonchev–Trinajstić information content (AvgIpc) is 2.26. The fourth-order valence-corrected chi connectivity index (χ4v) is 2.74. The molecule has 0 radical (unpaired) electrons. The van der Waals surface area contributed by atoms with Crippen LogP contribution in [0.4, 0.5) is 0 Å². The van der Waals surface area contributed by atoms with Crippen LogP contribution < -0.4 is 15.6 Å². The normalized spacial score (nSPS) is 12.3. The number of nitrogens with two attached hydrogens (primary N) is 2. The number of sulfonamides is 2. The number of hydrogen-bond donors (Lipinski definition) is 3. The van der Waals surface area contributed by atoms with Gasteiger partial charge in [-0.05, 0) is 18.2 Å². The summed E-state index contributed by atoms with van der Waals surface area (Å²) in [5.74, 6) is -0.860. The van der Waals surface area contributed by atoms with Gasteiger partial charge in [-0.25, -0.2) is 26.7 Å². The van der Waals surface area contributed by atoms with Crippen LogP contribution in [0.3, 0.4) is 0 Å². The summed E-state index contributed by atoms with van der Waals surface area (Å²) in [5.41, 5.74) is 4.80. The number of benzene rings is 1. The Labute approximate surface area is 104 Å². The highest BCUT2D eigenvalue weighted by Crippen LogP contribution is 2.14. The monoisotopic (exact) mass is 293 g/mol. The molecule has 0 saturated heterocycles. The molecule has 0 saturated carbocycles. The molecule has 0 atom stereocenters. The minimum absolute atomic E-state index is 0.324. The Morgan fingerprint density at radius 3 is 2.22 bits per heavy atom. The lowest BCUT2D eigenvalue weighted by Crippen LogP contribution is -2.33. The van der Waals surface area contributed by atoms with Gasteiger partial charge in [0.1, 0.15) is 0 Å². The molecule has 100 valence electrons. The summed E-state index contributed by atoms with van der Waals surface area (Å²) in [6, 6.07) is 4.43. The maximum Gasteiger partial charge on any atom is 0.241 e. The maximum atomic E-state index is 11.7. The minimum Gasteiger partial charge on any atom is -0.369 e. The van der Waals surface area contributed by atoms with Crippen molar-refractivity contribution >= 4 is 26.0 Å². The highest BCUT2D eigenvalue weighted by atomic mass is 32.2. The van der Waals surface area contributed by atoms with Crippen LogP contribution in [0, 0.1) is 0 Å². The molecule has 1 rings (SSSR count).